The van der Waals surface area contributed by atoms with E-state index >= 15 is 0 Å². The molecule has 288 valence electrons. The summed E-state index contributed by atoms with van der Waals surface area (Å²) in [5.74, 6) is 0.648. The monoisotopic (exact) mass is 788 g/mol. The van der Waals surface area contributed by atoms with Crippen molar-refractivity contribution in [2.24, 2.45) is 0 Å². The van der Waals surface area contributed by atoms with Crippen LogP contribution < -0.4 is 0 Å². The van der Waals surface area contributed by atoms with Gasteiger partial charge in [-0.05, 0) is 93.0 Å². The van der Waals surface area contributed by atoms with Gasteiger partial charge in [0.25, 0.3) is 0 Å². The molecule has 0 aliphatic carbocycles. The predicted molar refractivity (Wildman–Crippen MR) is 260 cm³/mol. The zero-order valence-corrected chi connectivity index (χ0v) is 33.6. The van der Waals surface area contributed by atoms with E-state index in [0.717, 1.165) is 55.0 Å². The quantitative estimate of drug-likeness (QED) is 0.174. The van der Waals surface area contributed by atoms with Crippen molar-refractivity contribution in [1.29, 1.82) is 0 Å². The van der Waals surface area contributed by atoms with Gasteiger partial charge in [-0.3, -0.25) is 4.57 Å². The van der Waals surface area contributed by atoms with Crippen molar-refractivity contribution < 1.29 is 0 Å². The number of aromatic nitrogens is 4. The molecule has 13 rings (SSSR count). The minimum Gasteiger partial charge on any atom is -0.309 e. The number of rotatable bonds is 5. The molecule has 13 aromatic rings. The van der Waals surface area contributed by atoms with Gasteiger partial charge in [0.05, 0.1) is 33.3 Å². The van der Waals surface area contributed by atoms with Gasteiger partial charge >= 0.3 is 0 Å². The van der Waals surface area contributed by atoms with Gasteiger partial charge in [0.1, 0.15) is 0 Å². The molecule has 0 aliphatic heterocycles. The fourth-order valence-corrected chi connectivity index (χ4v) is 9.85. The average molecular weight is 789 g/mol. The molecule has 4 heteroatoms. The Hall–Kier alpha value is -8.34. The topological polar surface area (TPSA) is 35.6 Å². The highest BCUT2D eigenvalue weighted by molar-refractivity contribution is 6.22. The number of fused-ring (bicyclic) bond motifs is 10. The van der Waals surface area contributed by atoms with Crippen molar-refractivity contribution in [3.05, 3.63) is 218 Å². The Labute approximate surface area is 357 Å². The normalized spacial score (nSPS) is 11.9. The van der Waals surface area contributed by atoms with Gasteiger partial charge in [-0.25, -0.2) is 9.97 Å². The van der Waals surface area contributed by atoms with E-state index in [1.807, 2.05) is 0 Å². The zero-order chi connectivity index (χ0) is 40.7. The second-order valence-electron chi connectivity index (χ2n) is 16.2. The predicted octanol–water partition coefficient (Wildman–Crippen LogP) is 15.1. The van der Waals surface area contributed by atoms with Crippen LogP contribution in [0.4, 0.5) is 0 Å². The Morgan fingerprint density at radius 3 is 1.68 bits per heavy atom. The smallest absolute Gasteiger partial charge is 0.235 e. The van der Waals surface area contributed by atoms with E-state index in [1.165, 1.54) is 60.2 Å². The van der Waals surface area contributed by atoms with Crippen molar-refractivity contribution >= 4 is 76.1 Å². The van der Waals surface area contributed by atoms with Crippen LogP contribution in [-0.2, 0) is 0 Å². The number of benzene rings is 10. The highest BCUT2D eigenvalue weighted by Crippen LogP contribution is 2.43. The van der Waals surface area contributed by atoms with Gasteiger partial charge in [0.2, 0.25) is 5.95 Å². The lowest BCUT2D eigenvalue weighted by molar-refractivity contribution is 1.02. The van der Waals surface area contributed by atoms with E-state index in [-0.39, 0.29) is 0 Å². The lowest BCUT2D eigenvalue weighted by Gasteiger charge is -2.15. The maximum atomic E-state index is 5.53. The SMILES string of the molecule is c1ccc(-c2ccc3ccc(-c4nc(-n5c6ccccc6c6cc(-c7ccc8c9ccccc9n(-c9ccccc9)c8c7)c7ccccc7c65)nc5ccccc45)cc3c2)cc1. The van der Waals surface area contributed by atoms with Crippen LogP contribution in [0.2, 0.25) is 0 Å². The van der Waals surface area contributed by atoms with Crippen molar-refractivity contribution in [2.45, 2.75) is 0 Å². The van der Waals surface area contributed by atoms with Crippen molar-refractivity contribution in [1.82, 2.24) is 19.1 Å². The van der Waals surface area contributed by atoms with Crippen molar-refractivity contribution in [3.8, 4) is 45.1 Å². The maximum Gasteiger partial charge on any atom is 0.235 e. The largest absolute Gasteiger partial charge is 0.309 e. The molecular weight excluding hydrogens is 753 g/mol. The standard InChI is InChI=1S/C58H36N4/c1-3-15-37(16-4-1)39-29-27-38-28-30-41(34-42(38)33-39)56-49-23-9-12-24-52(49)59-58(60-56)62-54-26-14-11-21-46(54)51-36-50(44-19-7-8-22-48(44)57(51)62)40-31-32-47-45-20-10-13-25-53(45)61(55(47)35-40)43-17-5-2-6-18-43/h1-36H. The van der Waals surface area contributed by atoms with Crippen molar-refractivity contribution in [3.63, 3.8) is 0 Å². The molecule has 4 nitrogen and oxygen atoms in total. The van der Waals surface area contributed by atoms with E-state index < -0.39 is 0 Å². The van der Waals surface area contributed by atoms with Gasteiger partial charge in [0.15, 0.2) is 0 Å². The van der Waals surface area contributed by atoms with Gasteiger partial charge in [-0.2, -0.15) is 0 Å². The van der Waals surface area contributed by atoms with Crippen LogP contribution >= 0.6 is 0 Å². The fourth-order valence-electron chi connectivity index (χ4n) is 9.85. The molecule has 10 aromatic carbocycles. The summed E-state index contributed by atoms with van der Waals surface area (Å²) in [5.41, 5.74) is 13.3. The van der Waals surface area contributed by atoms with Gasteiger partial charge < -0.3 is 4.57 Å². The summed E-state index contributed by atoms with van der Waals surface area (Å²) in [6.45, 7) is 0. The molecule has 0 saturated carbocycles. The molecule has 0 atom stereocenters. The number of hydrogen-bond acceptors (Lipinski definition) is 2. The third-order valence-electron chi connectivity index (χ3n) is 12.7. The van der Waals surface area contributed by atoms with Crippen LogP contribution in [0, 0.1) is 0 Å². The summed E-state index contributed by atoms with van der Waals surface area (Å²) >= 11 is 0. The molecule has 3 aromatic heterocycles. The summed E-state index contributed by atoms with van der Waals surface area (Å²) in [7, 11) is 0. The van der Waals surface area contributed by atoms with Crippen LogP contribution in [0.5, 0.6) is 0 Å². The Kier molecular flexibility index (Phi) is 7.57. The highest BCUT2D eigenvalue weighted by atomic mass is 15.2. The maximum absolute atomic E-state index is 5.53. The minimum absolute atomic E-state index is 0.648. The summed E-state index contributed by atoms with van der Waals surface area (Å²) in [4.78, 5) is 10.9. The molecule has 0 saturated heterocycles. The summed E-state index contributed by atoms with van der Waals surface area (Å²) in [6.07, 6.45) is 0. The molecule has 0 aliphatic rings. The molecule has 0 amide bonds. The summed E-state index contributed by atoms with van der Waals surface area (Å²) in [6, 6.07) is 78.6. The first-order chi connectivity index (χ1) is 30.7. The third-order valence-corrected chi connectivity index (χ3v) is 12.7. The van der Waals surface area contributed by atoms with Gasteiger partial charge in [-0.1, -0.05) is 164 Å². The van der Waals surface area contributed by atoms with Crippen LogP contribution in [-0.4, -0.2) is 19.1 Å². The van der Waals surface area contributed by atoms with Crippen LogP contribution in [0.15, 0.2) is 218 Å². The zero-order valence-electron chi connectivity index (χ0n) is 33.6. The molecule has 0 bridgehead atoms. The third kappa shape index (κ3) is 5.27. The first-order valence-corrected chi connectivity index (χ1v) is 21.2. The van der Waals surface area contributed by atoms with E-state index in [2.05, 4.69) is 228 Å². The second kappa shape index (κ2) is 13.6. The summed E-state index contributed by atoms with van der Waals surface area (Å²) < 4.78 is 4.69. The van der Waals surface area contributed by atoms with E-state index in [4.69, 9.17) is 9.97 Å². The first kappa shape index (κ1) is 34.5. The van der Waals surface area contributed by atoms with Gasteiger partial charge in [-0.15, -0.1) is 0 Å². The summed E-state index contributed by atoms with van der Waals surface area (Å²) in [5, 5.41) is 10.5. The average Bonchev–Trinajstić information content (AvgIpc) is 3.86. The van der Waals surface area contributed by atoms with Crippen LogP contribution in [0.1, 0.15) is 0 Å². The number of nitrogens with zero attached hydrogens (tertiary/aromatic N) is 4. The Morgan fingerprint density at radius 1 is 0.306 bits per heavy atom. The van der Waals surface area contributed by atoms with Crippen LogP contribution in [0.25, 0.3) is 121 Å². The van der Waals surface area contributed by atoms with E-state index in [0.29, 0.717) is 5.95 Å². The molecular formula is C58H36N4. The number of hydrogen-bond donors (Lipinski definition) is 0. The molecule has 0 spiro atoms. The minimum atomic E-state index is 0.648. The second-order valence-corrected chi connectivity index (χ2v) is 16.2. The number of para-hydroxylation sites is 4. The van der Waals surface area contributed by atoms with Crippen LogP contribution in [0.3, 0.4) is 0 Å². The molecule has 0 fully saturated rings. The van der Waals surface area contributed by atoms with Gasteiger partial charge in [0, 0.05) is 43.6 Å². The van der Waals surface area contributed by atoms with Crippen molar-refractivity contribution in [2.75, 3.05) is 0 Å². The Bertz CT molecular complexity index is 3920. The molecule has 62 heavy (non-hydrogen) atoms. The molecule has 0 radical (unpaired) electrons. The fraction of sp³-hybridized carbons (Fsp3) is 0. The van der Waals surface area contributed by atoms with E-state index in [9.17, 15) is 0 Å². The first-order valence-electron chi connectivity index (χ1n) is 21.2. The molecule has 0 unspecified atom stereocenters. The Morgan fingerprint density at radius 2 is 0.887 bits per heavy atom. The van der Waals surface area contributed by atoms with E-state index in [1.54, 1.807) is 0 Å². The Balaban J connectivity index is 1.05. The molecule has 0 N–H and O–H groups in total. The lowest BCUT2D eigenvalue weighted by Crippen LogP contribution is -2.04. The molecule has 3 heterocycles. The highest BCUT2D eigenvalue weighted by Gasteiger charge is 2.22. The lowest BCUT2D eigenvalue weighted by atomic mass is 9.94.